The highest BCUT2D eigenvalue weighted by atomic mass is 16.7. The Bertz CT molecular complexity index is 1810. The van der Waals surface area contributed by atoms with Gasteiger partial charge in [-0.15, -0.1) is 0 Å². The van der Waals surface area contributed by atoms with Crippen molar-refractivity contribution in [1.82, 2.24) is 0 Å². The molecule has 56 heavy (non-hydrogen) atoms. The van der Waals surface area contributed by atoms with Gasteiger partial charge in [0.1, 0.15) is 34.5 Å². The van der Waals surface area contributed by atoms with Crippen LogP contribution in [0.1, 0.15) is 56.9 Å². The Kier molecular flexibility index (Phi) is 15.5. The van der Waals surface area contributed by atoms with Crippen LogP contribution in [-0.4, -0.2) is 56.9 Å². The summed E-state index contributed by atoms with van der Waals surface area (Å²) in [5.74, 6) is 1.49. The fourth-order valence-corrected chi connectivity index (χ4v) is 6.45. The van der Waals surface area contributed by atoms with E-state index in [4.69, 9.17) is 43.3 Å². The number of rotatable bonds is 19. The first-order chi connectivity index (χ1) is 27.2. The van der Waals surface area contributed by atoms with Crippen LogP contribution in [-0.2, 0) is 28.7 Å². The fraction of sp³-hybridized carbons (Fsp3) is 0.372. The first-order valence-electron chi connectivity index (χ1n) is 18.6. The van der Waals surface area contributed by atoms with Gasteiger partial charge in [-0.3, -0.25) is 9.59 Å². The number of carbonyl (C=O) groups excluding carboxylic acids is 4. The van der Waals surface area contributed by atoms with E-state index in [-0.39, 0.29) is 43.3 Å². The summed E-state index contributed by atoms with van der Waals surface area (Å²) < 4.78 is 43.7. The molecule has 0 bridgehead atoms. The lowest BCUT2D eigenvalue weighted by atomic mass is 9.82. The molecule has 13 nitrogen and oxygen atoms in total. The molecule has 3 aromatic carbocycles. The highest BCUT2D eigenvalue weighted by Crippen LogP contribution is 2.34. The van der Waals surface area contributed by atoms with Crippen LogP contribution in [0.5, 0.6) is 34.5 Å². The topological polar surface area (TPSA) is 166 Å². The summed E-state index contributed by atoms with van der Waals surface area (Å²) in [7, 11) is 0. The van der Waals surface area contributed by atoms with Crippen LogP contribution >= 0.6 is 0 Å². The summed E-state index contributed by atoms with van der Waals surface area (Å²) in [5.41, 5.74) is 0.621. The number of hydrogen-bond donors (Lipinski definition) is 1. The third-order valence-corrected chi connectivity index (χ3v) is 9.73. The number of nitrogens with one attached hydrogen (secondary N) is 1. The molecular weight excluding hydrogens is 722 g/mol. The van der Waals surface area contributed by atoms with E-state index in [1.807, 2.05) is 12.1 Å². The van der Waals surface area contributed by atoms with Crippen molar-refractivity contribution >= 4 is 30.1 Å². The SMILES string of the molecule is C=CC(=O)OCOc1ccc(OC(=O)C2CCC(COc3ccc(OCC4CCC(C(=O)Oc5ccc(OCOC(=O)C=C)cc5)CC4)c(C=N)c3)CC2)cc1. The molecule has 0 radical (unpaired) electrons. The highest BCUT2D eigenvalue weighted by Gasteiger charge is 2.30. The Hall–Kier alpha value is -6.11. The second-order valence-corrected chi connectivity index (χ2v) is 13.5. The van der Waals surface area contributed by atoms with E-state index in [0.717, 1.165) is 37.8 Å². The van der Waals surface area contributed by atoms with Crippen LogP contribution < -0.4 is 28.4 Å². The molecule has 0 amide bonds. The van der Waals surface area contributed by atoms with Crippen LogP contribution in [0.2, 0.25) is 0 Å². The van der Waals surface area contributed by atoms with Gasteiger partial charge >= 0.3 is 23.9 Å². The molecule has 2 aliphatic rings. The molecule has 0 heterocycles. The lowest BCUT2D eigenvalue weighted by Gasteiger charge is -2.27. The van der Waals surface area contributed by atoms with Gasteiger partial charge in [0, 0.05) is 23.9 Å². The normalized spacial score (nSPS) is 18.9. The van der Waals surface area contributed by atoms with E-state index in [2.05, 4.69) is 13.2 Å². The molecule has 2 fully saturated rings. The minimum Gasteiger partial charge on any atom is -0.493 e. The maximum Gasteiger partial charge on any atom is 0.333 e. The van der Waals surface area contributed by atoms with Crippen LogP contribution in [0, 0.1) is 29.1 Å². The van der Waals surface area contributed by atoms with Crippen LogP contribution in [0.15, 0.2) is 92.0 Å². The molecule has 3 aromatic rings. The van der Waals surface area contributed by atoms with Gasteiger partial charge in [-0.25, -0.2) is 9.59 Å². The van der Waals surface area contributed by atoms with Crippen LogP contribution in [0.3, 0.4) is 0 Å². The molecule has 0 saturated heterocycles. The zero-order chi connectivity index (χ0) is 39.7. The number of esters is 4. The fourth-order valence-electron chi connectivity index (χ4n) is 6.45. The number of ether oxygens (including phenoxy) is 8. The number of carbonyl (C=O) groups is 4. The first-order valence-corrected chi connectivity index (χ1v) is 18.6. The Morgan fingerprint density at radius 3 is 1.39 bits per heavy atom. The molecule has 13 heteroatoms. The maximum absolute atomic E-state index is 12.8. The van der Waals surface area contributed by atoms with Crippen molar-refractivity contribution in [3.05, 3.63) is 97.6 Å². The Morgan fingerprint density at radius 1 is 0.554 bits per heavy atom. The summed E-state index contributed by atoms with van der Waals surface area (Å²) in [6.07, 6.45) is 9.44. The molecule has 1 N–H and O–H groups in total. The zero-order valence-electron chi connectivity index (χ0n) is 31.2. The predicted molar refractivity (Wildman–Crippen MR) is 204 cm³/mol. The molecule has 0 spiro atoms. The largest absolute Gasteiger partial charge is 0.493 e. The van der Waals surface area contributed by atoms with Crippen molar-refractivity contribution in [3.8, 4) is 34.5 Å². The van der Waals surface area contributed by atoms with E-state index >= 15 is 0 Å². The number of benzene rings is 3. The van der Waals surface area contributed by atoms with Crippen molar-refractivity contribution in [1.29, 1.82) is 5.41 Å². The van der Waals surface area contributed by atoms with Gasteiger partial charge in [0.2, 0.25) is 13.6 Å². The van der Waals surface area contributed by atoms with Crippen molar-refractivity contribution < 1.29 is 57.1 Å². The molecular formula is C43H47NO12. The van der Waals surface area contributed by atoms with E-state index in [0.29, 0.717) is 84.9 Å². The Balaban J connectivity index is 0.969. The van der Waals surface area contributed by atoms with Crippen molar-refractivity contribution in [2.75, 3.05) is 26.8 Å². The summed E-state index contributed by atoms with van der Waals surface area (Å²) in [4.78, 5) is 47.9. The molecule has 0 atom stereocenters. The molecule has 0 aliphatic heterocycles. The number of hydrogen-bond acceptors (Lipinski definition) is 13. The minimum absolute atomic E-state index is 0.195. The van der Waals surface area contributed by atoms with E-state index in [1.165, 1.54) is 6.21 Å². The van der Waals surface area contributed by atoms with Gasteiger partial charge in [-0.2, -0.15) is 0 Å². The molecule has 2 aliphatic carbocycles. The highest BCUT2D eigenvalue weighted by molar-refractivity contribution is 5.82. The maximum atomic E-state index is 12.8. The lowest BCUT2D eigenvalue weighted by molar-refractivity contribution is -0.145. The van der Waals surface area contributed by atoms with E-state index < -0.39 is 11.9 Å². The zero-order valence-corrected chi connectivity index (χ0v) is 31.2. The van der Waals surface area contributed by atoms with Gasteiger partial charge in [0.25, 0.3) is 0 Å². The summed E-state index contributed by atoms with van der Waals surface area (Å²) >= 11 is 0. The average Bonchev–Trinajstić information content (AvgIpc) is 3.23. The molecule has 2 saturated carbocycles. The smallest absolute Gasteiger partial charge is 0.333 e. The van der Waals surface area contributed by atoms with Crippen molar-refractivity contribution in [3.63, 3.8) is 0 Å². The van der Waals surface area contributed by atoms with Gasteiger partial charge < -0.3 is 43.3 Å². The quantitative estimate of drug-likeness (QED) is 0.0423. The lowest BCUT2D eigenvalue weighted by Crippen LogP contribution is -2.28. The van der Waals surface area contributed by atoms with Gasteiger partial charge in [-0.1, -0.05) is 13.2 Å². The van der Waals surface area contributed by atoms with Gasteiger partial charge in [0.15, 0.2) is 0 Å². The van der Waals surface area contributed by atoms with Crippen LogP contribution in [0.25, 0.3) is 0 Å². The average molecular weight is 770 g/mol. The van der Waals surface area contributed by atoms with Gasteiger partial charge in [0.05, 0.1) is 25.0 Å². The minimum atomic E-state index is -0.581. The summed E-state index contributed by atoms with van der Waals surface area (Å²) in [6, 6.07) is 18.5. The third-order valence-electron chi connectivity index (χ3n) is 9.73. The predicted octanol–water partition coefficient (Wildman–Crippen LogP) is 7.40. The van der Waals surface area contributed by atoms with E-state index in [1.54, 1.807) is 54.6 Å². The summed E-state index contributed by atoms with van der Waals surface area (Å²) in [5, 5.41) is 7.95. The second-order valence-electron chi connectivity index (χ2n) is 13.5. The van der Waals surface area contributed by atoms with E-state index in [9.17, 15) is 19.2 Å². The molecule has 5 rings (SSSR count). The van der Waals surface area contributed by atoms with Crippen molar-refractivity contribution in [2.45, 2.75) is 51.4 Å². The molecule has 0 aromatic heterocycles. The molecule has 296 valence electrons. The summed E-state index contributed by atoms with van der Waals surface area (Å²) in [6.45, 7) is 7.13. The van der Waals surface area contributed by atoms with Crippen LogP contribution in [0.4, 0.5) is 0 Å². The standard InChI is InChI=1S/C43H47NO12/c1-3-40(45)53-27-51-34-13-17-36(18-14-34)55-42(47)31-9-5-29(6-10-31)25-49-38-21-22-39(33(23-38)24-44)50-26-30-7-11-32(12-8-30)43(48)56-37-19-15-35(16-20-37)52-28-54-41(46)4-2/h3-4,13-24,29-32,44H,1-2,5-12,25-28H2. The Morgan fingerprint density at radius 2 is 0.964 bits per heavy atom. The first kappa shape index (κ1) is 41.1. The van der Waals surface area contributed by atoms with Crippen molar-refractivity contribution in [2.24, 2.45) is 23.7 Å². The monoisotopic (exact) mass is 769 g/mol. The third kappa shape index (κ3) is 12.7. The second kappa shape index (κ2) is 21.1. The van der Waals surface area contributed by atoms with Gasteiger partial charge in [-0.05, 0) is 130 Å². The Labute approximate surface area is 326 Å². The molecule has 0 unspecified atom stereocenters.